The molecular formula is C12H17FN2O2. The SMILES string of the molecule is CCNC(=O)C(C)Oc1c(F)cccc1CN. The van der Waals surface area contributed by atoms with Gasteiger partial charge >= 0.3 is 0 Å². The van der Waals surface area contributed by atoms with Crippen molar-refractivity contribution in [2.45, 2.75) is 26.5 Å². The molecule has 17 heavy (non-hydrogen) atoms. The first-order valence-electron chi connectivity index (χ1n) is 5.52. The molecule has 1 amide bonds. The van der Waals surface area contributed by atoms with E-state index in [0.29, 0.717) is 12.1 Å². The maximum absolute atomic E-state index is 13.5. The Morgan fingerprint density at radius 1 is 1.59 bits per heavy atom. The van der Waals surface area contributed by atoms with Gasteiger partial charge in [-0.2, -0.15) is 0 Å². The fourth-order valence-corrected chi connectivity index (χ4v) is 1.39. The van der Waals surface area contributed by atoms with Gasteiger partial charge in [0.25, 0.3) is 5.91 Å². The second-order valence-electron chi connectivity index (χ2n) is 3.59. The molecule has 0 spiro atoms. The highest BCUT2D eigenvalue weighted by atomic mass is 19.1. The number of rotatable bonds is 5. The highest BCUT2D eigenvalue weighted by Crippen LogP contribution is 2.23. The van der Waals surface area contributed by atoms with Crippen molar-refractivity contribution in [3.8, 4) is 5.75 Å². The lowest BCUT2D eigenvalue weighted by Crippen LogP contribution is -2.36. The Morgan fingerprint density at radius 3 is 2.88 bits per heavy atom. The third-order valence-electron chi connectivity index (χ3n) is 2.28. The lowest BCUT2D eigenvalue weighted by molar-refractivity contribution is -0.127. The minimum atomic E-state index is -0.753. The van der Waals surface area contributed by atoms with Crippen LogP contribution in [0.3, 0.4) is 0 Å². The number of amides is 1. The maximum atomic E-state index is 13.5. The molecule has 1 aromatic rings. The molecule has 1 aromatic carbocycles. The molecule has 94 valence electrons. The summed E-state index contributed by atoms with van der Waals surface area (Å²) >= 11 is 0. The Labute approximate surface area is 100.0 Å². The van der Waals surface area contributed by atoms with Gasteiger partial charge < -0.3 is 15.8 Å². The Balaban J connectivity index is 2.83. The van der Waals surface area contributed by atoms with Crippen molar-refractivity contribution in [1.82, 2.24) is 5.32 Å². The van der Waals surface area contributed by atoms with Crippen LogP contribution in [0, 0.1) is 5.82 Å². The highest BCUT2D eigenvalue weighted by Gasteiger charge is 2.17. The van der Waals surface area contributed by atoms with E-state index in [1.165, 1.54) is 6.07 Å². The zero-order valence-electron chi connectivity index (χ0n) is 10.00. The van der Waals surface area contributed by atoms with Crippen molar-refractivity contribution in [3.63, 3.8) is 0 Å². The van der Waals surface area contributed by atoms with Crippen LogP contribution in [0.2, 0.25) is 0 Å². The molecule has 0 radical (unpaired) electrons. The van der Waals surface area contributed by atoms with Gasteiger partial charge in [0, 0.05) is 18.7 Å². The molecule has 0 heterocycles. The van der Waals surface area contributed by atoms with Crippen molar-refractivity contribution in [2.75, 3.05) is 6.54 Å². The molecule has 0 aliphatic rings. The topological polar surface area (TPSA) is 64.3 Å². The molecule has 1 atom stereocenters. The summed E-state index contributed by atoms with van der Waals surface area (Å²) in [6.45, 7) is 4.04. The summed E-state index contributed by atoms with van der Waals surface area (Å²) in [5.41, 5.74) is 6.03. The first-order chi connectivity index (χ1) is 8.10. The zero-order chi connectivity index (χ0) is 12.8. The fraction of sp³-hybridized carbons (Fsp3) is 0.417. The molecule has 5 heteroatoms. The summed E-state index contributed by atoms with van der Waals surface area (Å²) in [4.78, 5) is 11.5. The van der Waals surface area contributed by atoms with Crippen LogP contribution >= 0.6 is 0 Å². The minimum Gasteiger partial charge on any atom is -0.477 e. The number of nitrogens with two attached hydrogens (primary N) is 1. The molecule has 0 aliphatic heterocycles. The van der Waals surface area contributed by atoms with Crippen molar-refractivity contribution >= 4 is 5.91 Å². The predicted octanol–water partition coefficient (Wildman–Crippen LogP) is 1.19. The van der Waals surface area contributed by atoms with E-state index in [-0.39, 0.29) is 18.2 Å². The monoisotopic (exact) mass is 240 g/mol. The molecule has 0 bridgehead atoms. The normalized spacial score (nSPS) is 12.0. The number of ether oxygens (including phenoxy) is 1. The Morgan fingerprint density at radius 2 is 2.29 bits per heavy atom. The summed E-state index contributed by atoms with van der Waals surface area (Å²) in [6.07, 6.45) is -0.753. The van der Waals surface area contributed by atoms with Gasteiger partial charge in [0.05, 0.1) is 0 Å². The van der Waals surface area contributed by atoms with Gasteiger partial charge in [0.2, 0.25) is 0 Å². The Hall–Kier alpha value is -1.62. The van der Waals surface area contributed by atoms with E-state index in [4.69, 9.17) is 10.5 Å². The number of para-hydroxylation sites is 1. The summed E-state index contributed by atoms with van der Waals surface area (Å²) in [6, 6.07) is 4.50. The van der Waals surface area contributed by atoms with E-state index >= 15 is 0 Å². The van der Waals surface area contributed by atoms with Gasteiger partial charge in [-0.15, -0.1) is 0 Å². The standard InChI is InChI=1S/C12H17FN2O2/c1-3-15-12(16)8(2)17-11-9(7-14)5-4-6-10(11)13/h4-6,8H,3,7,14H2,1-2H3,(H,15,16). The quantitative estimate of drug-likeness (QED) is 0.812. The van der Waals surface area contributed by atoms with E-state index in [2.05, 4.69) is 5.32 Å². The van der Waals surface area contributed by atoms with Crippen molar-refractivity contribution in [2.24, 2.45) is 5.73 Å². The van der Waals surface area contributed by atoms with Gasteiger partial charge in [0.1, 0.15) is 0 Å². The van der Waals surface area contributed by atoms with Crippen LogP contribution in [0.4, 0.5) is 4.39 Å². The van der Waals surface area contributed by atoms with Crippen LogP contribution < -0.4 is 15.8 Å². The number of carbonyl (C=O) groups is 1. The van der Waals surface area contributed by atoms with Gasteiger partial charge in [-0.25, -0.2) is 4.39 Å². The summed E-state index contributed by atoms with van der Waals surface area (Å²) < 4.78 is 18.8. The number of likely N-dealkylation sites (N-methyl/N-ethyl adjacent to an activating group) is 1. The van der Waals surface area contributed by atoms with Crippen LogP contribution in [0.15, 0.2) is 18.2 Å². The zero-order valence-corrected chi connectivity index (χ0v) is 10.00. The maximum Gasteiger partial charge on any atom is 0.260 e. The lowest BCUT2D eigenvalue weighted by atomic mass is 10.2. The van der Waals surface area contributed by atoms with E-state index in [9.17, 15) is 9.18 Å². The first kappa shape index (κ1) is 13.4. The molecule has 1 rings (SSSR count). The molecule has 1 unspecified atom stereocenters. The van der Waals surface area contributed by atoms with Crippen LogP contribution in [-0.4, -0.2) is 18.6 Å². The second kappa shape index (κ2) is 6.20. The van der Waals surface area contributed by atoms with E-state index < -0.39 is 11.9 Å². The molecule has 0 saturated heterocycles. The van der Waals surface area contributed by atoms with Crippen LogP contribution in [0.5, 0.6) is 5.75 Å². The summed E-state index contributed by atoms with van der Waals surface area (Å²) in [5, 5.41) is 2.60. The predicted molar refractivity (Wildman–Crippen MR) is 63.1 cm³/mol. The highest BCUT2D eigenvalue weighted by molar-refractivity contribution is 5.80. The smallest absolute Gasteiger partial charge is 0.260 e. The Bertz CT molecular complexity index is 396. The molecular weight excluding hydrogens is 223 g/mol. The van der Waals surface area contributed by atoms with Gasteiger partial charge in [-0.1, -0.05) is 12.1 Å². The van der Waals surface area contributed by atoms with Crippen LogP contribution in [0.1, 0.15) is 19.4 Å². The van der Waals surface area contributed by atoms with Gasteiger partial charge in [-0.05, 0) is 19.9 Å². The third-order valence-corrected chi connectivity index (χ3v) is 2.28. The molecule has 0 fully saturated rings. The van der Waals surface area contributed by atoms with Crippen LogP contribution in [-0.2, 0) is 11.3 Å². The van der Waals surface area contributed by atoms with Gasteiger partial charge in [0.15, 0.2) is 17.7 Å². The second-order valence-corrected chi connectivity index (χ2v) is 3.59. The van der Waals surface area contributed by atoms with Crippen molar-refractivity contribution in [1.29, 1.82) is 0 Å². The third kappa shape index (κ3) is 3.42. The Kier molecular flexibility index (Phi) is 4.90. The average molecular weight is 240 g/mol. The first-order valence-corrected chi connectivity index (χ1v) is 5.52. The summed E-state index contributed by atoms with van der Waals surface area (Å²) in [7, 11) is 0. The van der Waals surface area contributed by atoms with E-state index in [0.717, 1.165) is 0 Å². The number of carbonyl (C=O) groups excluding carboxylic acids is 1. The number of hydrogen-bond acceptors (Lipinski definition) is 3. The number of hydrogen-bond donors (Lipinski definition) is 2. The number of nitrogens with one attached hydrogen (secondary N) is 1. The molecule has 4 nitrogen and oxygen atoms in total. The fourth-order valence-electron chi connectivity index (χ4n) is 1.39. The number of benzene rings is 1. The van der Waals surface area contributed by atoms with E-state index in [1.54, 1.807) is 26.0 Å². The van der Waals surface area contributed by atoms with Gasteiger partial charge in [-0.3, -0.25) is 4.79 Å². The van der Waals surface area contributed by atoms with E-state index in [1.807, 2.05) is 0 Å². The molecule has 0 aliphatic carbocycles. The lowest BCUT2D eigenvalue weighted by Gasteiger charge is -2.16. The molecule has 0 aromatic heterocycles. The largest absolute Gasteiger partial charge is 0.477 e. The van der Waals surface area contributed by atoms with Crippen LogP contribution in [0.25, 0.3) is 0 Å². The van der Waals surface area contributed by atoms with Crippen molar-refractivity contribution in [3.05, 3.63) is 29.6 Å². The molecule has 0 saturated carbocycles. The summed E-state index contributed by atoms with van der Waals surface area (Å²) in [5.74, 6) is -0.739. The number of halogens is 1. The average Bonchev–Trinajstić information content (AvgIpc) is 2.31. The molecule has 3 N–H and O–H groups in total. The minimum absolute atomic E-state index is 0.0498. The van der Waals surface area contributed by atoms with Crippen molar-refractivity contribution < 1.29 is 13.9 Å².